The molecule has 2 aromatic heterocycles. The summed E-state index contributed by atoms with van der Waals surface area (Å²) >= 11 is 0. The van der Waals surface area contributed by atoms with E-state index in [2.05, 4.69) is 55.1 Å². The van der Waals surface area contributed by atoms with E-state index >= 15 is 0 Å². The van der Waals surface area contributed by atoms with Crippen LogP contribution in [0.5, 0.6) is 0 Å². The van der Waals surface area contributed by atoms with Gasteiger partial charge in [-0.3, -0.25) is 13.9 Å². The van der Waals surface area contributed by atoms with Crippen molar-refractivity contribution in [2.75, 3.05) is 11.4 Å². The Kier molecular flexibility index (Phi) is 5.40. The first-order valence-electron chi connectivity index (χ1n) is 11.5. The highest BCUT2D eigenvalue weighted by Crippen LogP contribution is 2.32. The summed E-state index contributed by atoms with van der Waals surface area (Å²) in [4.78, 5) is 33.6. The lowest BCUT2D eigenvalue weighted by atomic mass is 10.1. The molecule has 2 aromatic carbocycles. The molecule has 1 atom stereocenters. The first kappa shape index (κ1) is 21.2. The van der Waals surface area contributed by atoms with Gasteiger partial charge in [-0.25, -0.2) is 4.79 Å². The molecule has 0 spiro atoms. The molecule has 7 heteroatoms. The molecule has 5 rings (SSSR count). The maximum Gasteiger partial charge on any atom is 0.332 e. The number of anilines is 2. The van der Waals surface area contributed by atoms with Crippen molar-refractivity contribution in [2.24, 2.45) is 13.0 Å². The molecule has 170 valence electrons. The Morgan fingerprint density at radius 3 is 2.45 bits per heavy atom. The quantitative estimate of drug-likeness (QED) is 0.473. The van der Waals surface area contributed by atoms with E-state index in [4.69, 9.17) is 4.98 Å². The number of aromatic nitrogens is 4. The van der Waals surface area contributed by atoms with Gasteiger partial charge in [0.25, 0.3) is 5.56 Å². The zero-order chi connectivity index (χ0) is 23.1. The summed E-state index contributed by atoms with van der Waals surface area (Å²) in [5.74, 6) is 1.06. The Hall–Kier alpha value is -3.61. The third-order valence-corrected chi connectivity index (χ3v) is 6.48. The van der Waals surface area contributed by atoms with Crippen LogP contribution in [0.15, 0.2) is 64.2 Å². The molecule has 0 bridgehead atoms. The molecular weight excluding hydrogens is 414 g/mol. The van der Waals surface area contributed by atoms with Crippen LogP contribution in [0.1, 0.15) is 24.5 Å². The van der Waals surface area contributed by atoms with E-state index in [-0.39, 0.29) is 11.2 Å². The third-order valence-electron chi connectivity index (χ3n) is 6.48. The molecule has 0 fully saturated rings. The van der Waals surface area contributed by atoms with E-state index < -0.39 is 0 Å². The minimum Gasteiger partial charge on any atom is -0.312 e. The van der Waals surface area contributed by atoms with Crippen molar-refractivity contribution >= 4 is 22.8 Å². The summed E-state index contributed by atoms with van der Waals surface area (Å²) in [5.41, 5.74) is 3.83. The van der Waals surface area contributed by atoms with E-state index in [0.29, 0.717) is 30.2 Å². The fraction of sp³-hybridized carbons (Fsp3) is 0.346. The average molecular weight is 444 g/mol. The Morgan fingerprint density at radius 2 is 1.73 bits per heavy atom. The molecule has 7 nitrogen and oxygen atoms in total. The van der Waals surface area contributed by atoms with Crippen molar-refractivity contribution in [1.82, 2.24) is 18.7 Å². The summed E-state index contributed by atoms with van der Waals surface area (Å²) in [6, 6.07) is 18.5. The van der Waals surface area contributed by atoms with Crippen molar-refractivity contribution in [2.45, 2.75) is 39.8 Å². The number of fused-ring (bicyclic) bond motifs is 3. The van der Waals surface area contributed by atoms with Crippen LogP contribution in [-0.2, 0) is 26.6 Å². The van der Waals surface area contributed by atoms with E-state index in [1.807, 2.05) is 22.8 Å². The first-order valence-corrected chi connectivity index (χ1v) is 11.5. The number of benzene rings is 2. The lowest BCUT2D eigenvalue weighted by Crippen LogP contribution is -2.40. The average Bonchev–Trinajstić information content (AvgIpc) is 3.20. The SMILES string of the molecule is Cc1ccc(N2C[C@H](C)Cn3c2nc2c3c(=O)n(CCCc3ccccc3)c(=O)n2C)cc1. The predicted octanol–water partition coefficient (Wildman–Crippen LogP) is 3.63. The molecule has 0 saturated heterocycles. The summed E-state index contributed by atoms with van der Waals surface area (Å²) in [6.07, 6.45) is 1.54. The Bertz CT molecular complexity index is 1410. The topological polar surface area (TPSA) is 65.1 Å². The predicted molar refractivity (Wildman–Crippen MR) is 131 cm³/mol. The molecule has 33 heavy (non-hydrogen) atoms. The third kappa shape index (κ3) is 3.77. The van der Waals surface area contributed by atoms with Crippen LogP contribution in [0.3, 0.4) is 0 Å². The first-order chi connectivity index (χ1) is 15.9. The second-order valence-electron chi connectivity index (χ2n) is 9.13. The molecule has 0 unspecified atom stereocenters. The molecule has 0 N–H and O–H groups in total. The van der Waals surface area contributed by atoms with Gasteiger partial charge in [-0.05, 0) is 43.4 Å². The zero-order valence-corrected chi connectivity index (χ0v) is 19.4. The molecule has 1 aliphatic rings. The molecule has 0 aliphatic carbocycles. The van der Waals surface area contributed by atoms with Gasteiger partial charge in [0.1, 0.15) is 0 Å². The molecular formula is C26H29N5O2. The normalized spacial score (nSPS) is 15.7. The second kappa shape index (κ2) is 8.39. The van der Waals surface area contributed by atoms with E-state index in [9.17, 15) is 9.59 Å². The molecule has 0 amide bonds. The van der Waals surface area contributed by atoms with Gasteiger partial charge in [-0.2, -0.15) is 4.98 Å². The van der Waals surface area contributed by atoms with Gasteiger partial charge in [0.15, 0.2) is 11.2 Å². The zero-order valence-electron chi connectivity index (χ0n) is 19.4. The van der Waals surface area contributed by atoms with Crippen molar-refractivity contribution in [3.8, 4) is 0 Å². The molecule has 3 heterocycles. The number of hydrogen-bond donors (Lipinski definition) is 0. The highest BCUT2D eigenvalue weighted by Gasteiger charge is 2.29. The number of aryl methyl sites for hydroxylation is 3. The van der Waals surface area contributed by atoms with Gasteiger partial charge in [-0.1, -0.05) is 55.0 Å². The minimum atomic E-state index is -0.314. The van der Waals surface area contributed by atoms with Gasteiger partial charge in [0.05, 0.1) is 0 Å². The Balaban J connectivity index is 1.57. The van der Waals surface area contributed by atoms with Crippen molar-refractivity contribution in [1.29, 1.82) is 0 Å². The van der Waals surface area contributed by atoms with Gasteiger partial charge in [-0.15, -0.1) is 0 Å². The van der Waals surface area contributed by atoms with Gasteiger partial charge in [0.2, 0.25) is 5.95 Å². The minimum absolute atomic E-state index is 0.252. The smallest absolute Gasteiger partial charge is 0.312 e. The van der Waals surface area contributed by atoms with Crippen molar-refractivity contribution in [3.63, 3.8) is 0 Å². The second-order valence-corrected chi connectivity index (χ2v) is 9.13. The van der Waals surface area contributed by atoms with Gasteiger partial charge >= 0.3 is 5.69 Å². The van der Waals surface area contributed by atoms with Gasteiger partial charge in [0, 0.05) is 32.4 Å². The maximum atomic E-state index is 13.5. The fourth-order valence-electron chi connectivity index (χ4n) is 4.73. The maximum absolute atomic E-state index is 13.5. The number of nitrogens with zero attached hydrogens (tertiary/aromatic N) is 5. The van der Waals surface area contributed by atoms with Crippen LogP contribution in [0.25, 0.3) is 11.2 Å². The molecule has 0 radical (unpaired) electrons. The van der Waals surface area contributed by atoms with E-state index in [1.54, 1.807) is 7.05 Å². The molecule has 1 aliphatic heterocycles. The largest absolute Gasteiger partial charge is 0.332 e. The van der Waals surface area contributed by atoms with Crippen LogP contribution in [0, 0.1) is 12.8 Å². The van der Waals surface area contributed by atoms with Crippen LogP contribution < -0.4 is 16.1 Å². The summed E-state index contributed by atoms with van der Waals surface area (Å²) < 4.78 is 4.89. The molecule has 0 saturated carbocycles. The van der Waals surface area contributed by atoms with Crippen LogP contribution >= 0.6 is 0 Å². The summed E-state index contributed by atoms with van der Waals surface area (Å²) in [6.45, 7) is 6.13. The van der Waals surface area contributed by atoms with E-state index in [1.165, 1.54) is 20.3 Å². The van der Waals surface area contributed by atoms with Crippen LogP contribution in [-0.4, -0.2) is 25.2 Å². The molecule has 4 aromatic rings. The summed E-state index contributed by atoms with van der Waals surface area (Å²) in [5, 5.41) is 0. The van der Waals surface area contributed by atoms with E-state index in [0.717, 1.165) is 31.0 Å². The lowest BCUT2D eigenvalue weighted by Gasteiger charge is -2.33. The highest BCUT2D eigenvalue weighted by molar-refractivity contribution is 5.77. The summed E-state index contributed by atoms with van der Waals surface area (Å²) in [7, 11) is 1.70. The van der Waals surface area contributed by atoms with Crippen LogP contribution in [0.4, 0.5) is 11.6 Å². The number of imidazole rings is 1. The standard InChI is InChI=1S/C26H29N5O2/c1-18-11-13-21(14-12-18)30-16-19(2)17-31-22-23(27-25(30)31)28(3)26(33)29(24(22)32)15-7-10-20-8-5-4-6-9-20/h4-6,8-9,11-14,19H,7,10,15-17H2,1-3H3/t19-/m0/s1. The Labute approximate surface area is 192 Å². The number of rotatable bonds is 5. The Morgan fingerprint density at radius 1 is 1.00 bits per heavy atom. The number of hydrogen-bond acceptors (Lipinski definition) is 4. The lowest BCUT2D eigenvalue weighted by molar-refractivity contribution is 0.457. The monoisotopic (exact) mass is 443 g/mol. The van der Waals surface area contributed by atoms with Crippen LogP contribution in [0.2, 0.25) is 0 Å². The van der Waals surface area contributed by atoms with Gasteiger partial charge < -0.3 is 9.47 Å². The fourth-order valence-corrected chi connectivity index (χ4v) is 4.73. The van der Waals surface area contributed by atoms with Crippen molar-refractivity contribution in [3.05, 3.63) is 86.6 Å². The van der Waals surface area contributed by atoms with Crippen molar-refractivity contribution < 1.29 is 0 Å². The highest BCUT2D eigenvalue weighted by atomic mass is 16.2.